The van der Waals surface area contributed by atoms with E-state index in [1.165, 1.54) is 11.1 Å². The SMILES string of the molecule is C/N=c1\sccn1Cc1ccc(CN)cc1. The van der Waals surface area contributed by atoms with Gasteiger partial charge in [-0.05, 0) is 11.1 Å². The zero-order valence-electron chi connectivity index (χ0n) is 9.26. The van der Waals surface area contributed by atoms with Crippen LogP contribution in [-0.2, 0) is 13.1 Å². The summed E-state index contributed by atoms with van der Waals surface area (Å²) >= 11 is 1.65. The maximum atomic E-state index is 5.56. The van der Waals surface area contributed by atoms with E-state index in [-0.39, 0.29) is 0 Å². The van der Waals surface area contributed by atoms with Gasteiger partial charge in [0.15, 0.2) is 4.80 Å². The zero-order chi connectivity index (χ0) is 11.4. The van der Waals surface area contributed by atoms with Crippen molar-refractivity contribution < 1.29 is 0 Å². The van der Waals surface area contributed by atoms with E-state index in [0.717, 1.165) is 11.3 Å². The van der Waals surface area contributed by atoms with Crippen LogP contribution >= 0.6 is 11.3 Å². The van der Waals surface area contributed by atoms with Crippen LogP contribution in [0.5, 0.6) is 0 Å². The fourth-order valence-corrected chi connectivity index (χ4v) is 2.27. The molecule has 0 aliphatic carbocycles. The highest BCUT2D eigenvalue weighted by molar-refractivity contribution is 7.07. The van der Waals surface area contributed by atoms with Gasteiger partial charge in [0, 0.05) is 31.7 Å². The molecule has 2 rings (SSSR count). The molecule has 0 atom stereocenters. The third-order valence-corrected chi connectivity index (χ3v) is 3.35. The van der Waals surface area contributed by atoms with Gasteiger partial charge in [0.2, 0.25) is 0 Å². The molecule has 0 saturated heterocycles. The van der Waals surface area contributed by atoms with Gasteiger partial charge >= 0.3 is 0 Å². The first-order chi connectivity index (χ1) is 7.83. The first-order valence-electron chi connectivity index (χ1n) is 5.18. The molecule has 0 saturated carbocycles. The number of benzene rings is 1. The number of thiazole rings is 1. The van der Waals surface area contributed by atoms with Gasteiger partial charge in [-0.1, -0.05) is 24.3 Å². The summed E-state index contributed by atoms with van der Waals surface area (Å²) in [5.74, 6) is 0. The van der Waals surface area contributed by atoms with Crippen molar-refractivity contribution in [3.63, 3.8) is 0 Å². The highest BCUT2D eigenvalue weighted by Gasteiger charge is 1.97. The Labute approximate surface area is 98.9 Å². The molecular weight excluding hydrogens is 218 g/mol. The molecule has 0 fully saturated rings. The average molecular weight is 233 g/mol. The molecule has 0 amide bonds. The molecule has 4 heteroatoms. The minimum Gasteiger partial charge on any atom is -0.326 e. The summed E-state index contributed by atoms with van der Waals surface area (Å²) in [5, 5.41) is 2.05. The number of nitrogens with two attached hydrogens (primary N) is 1. The van der Waals surface area contributed by atoms with E-state index in [4.69, 9.17) is 5.73 Å². The van der Waals surface area contributed by atoms with Crippen molar-refractivity contribution in [1.82, 2.24) is 4.57 Å². The Morgan fingerprint density at radius 1 is 1.25 bits per heavy atom. The Morgan fingerprint density at radius 2 is 1.94 bits per heavy atom. The summed E-state index contributed by atoms with van der Waals surface area (Å²) in [6, 6.07) is 8.38. The Hall–Kier alpha value is -1.39. The third-order valence-electron chi connectivity index (χ3n) is 2.46. The summed E-state index contributed by atoms with van der Waals surface area (Å²) in [6.45, 7) is 1.46. The summed E-state index contributed by atoms with van der Waals surface area (Å²) in [7, 11) is 1.82. The van der Waals surface area contributed by atoms with Gasteiger partial charge in [-0.3, -0.25) is 4.99 Å². The maximum Gasteiger partial charge on any atom is 0.184 e. The normalized spacial score (nSPS) is 12.0. The van der Waals surface area contributed by atoms with Crippen LogP contribution in [0.2, 0.25) is 0 Å². The van der Waals surface area contributed by atoms with Crippen molar-refractivity contribution in [2.24, 2.45) is 10.7 Å². The van der Waals surface area contributed by atoms with Crippen molar-refractivity contribution in [2.45, 2.75) is 13.1 Å². The van der Waals surface area contributed by atoms with Crippen LogP contribution in [-0.4, -0.2) is 11.6 Å². The van der Waals surface area contributed by atoms with Crippen LogP contribution in [0.25, 0.3) is 0 Å². The lowest BCUT2D eigenvalue weighted by atomic mass is 10.1. The fraction of sp³-hybridized carbons (Fsp3) is 0.250. The zero-order valence-corrected chi connectivity index (χ0v) is 10.1. The predicted molar refractivity (Wildman–Crippen MR) is 67.2 cm³/mol. The van der Waals surface area contributed by atoms with E-state index in [1.807, 2.05) is 7.05 Å². The van der Waals surface area contributed by atoms with E-state index in [0.29, 0.717) is 6.54 Å². The molecule has 0 unspecified atom stereocenters. The molecule has 16 heavy (non-hydrogen) atoms. The molecule has 3 nitrogen and oxygen atoms in total. The van der Waals surface area contributed by atoms with E-state index in [2.05, 4.69) is 45.4 Å². The fourth-order valence-electron chi connectivity index (χ4n) is 1.58. The van der Waals surface area contributed by atoms with Crippen molar-refractivity contribution in [3.05, 3.63) is 51.8 Å². The first-order valence-corrected chi connectivity index (χ1v) is 6.06. The van der Waals surface area contributed by atoms with Crippen LogP contribution < -0.4 is 10.5 Å². The number of aromatic nitrogens is 1. The van der Waals surface area contributed by atoms with E-state index in [1.54, 1.807) is 11.3 Å². The number of hydrogen-bond acceptors (Lipinski definition) is 3. The molecule has 0 bridgehead atoms. The van der Waals surface area contributed by atoms with Crippen LogP contribution in [0.3, 0.4) is 0 Å². The lowest BCUT2D eigenvalue weighted by molar-refractivity contribution is 0.765. The smallest absolute Gasteiger partial charge is 0.184 e. The van der Waals surface area contributed by atoms with E-state index < -0.39 is 0 Å². The van der Waals surface area contributed by atoms with Crippen LogP contribution in [0.15, 0.2) is 40.8 Å². The molecule has 2 aromatic rings. The standard InChI is InChI=1S/C12H15N3S/c1-14-12-15(6-7-16-12)9-11-4-2-10(8-13)3-5-11/h2-7H,8-9,13H2,1H3/b14-12-. The van der Waals surface area contributed by atoms with E-state index in [9.17, 15) is 0 Å². The predicted octanol–water partition coefficient (Wildman–Crippen LogP) is 1.59. The first kappa shape index (κ1) is 11.1. The molecule has 1 aromatic carbocycles. The molecule has 0 radical (unpaired) electrons. The molecular formula is C12H15N3S. The highest BCUT2D eigenvalue weighted by Crippen LogP contribution is 2.05. The average Bonchev–Trinajstić information content (AvgIpc) is 2.77. The monoisotopic (exact) mass is 233 g/mol. The Bertz CT molecular complexity index is 508. The van der Waals surface area contributed by atoms with Gasteiger partial charge in [-0.25, -0.2) is 0 Å². The summed E-state index contributed by atoms with van der Waals surface area (Å²) < 4.78 is 2.14. The maximum absolute atomic E-state index is 5.56. The molecule has 0 aliphatic rings. The third kappa shape index (κ3) is 2.40. The quantitative estimate of drug-likeness (QED) is 0.859. The van der Waals surface area contributed by atoms with Gasteiger partial charge in [-0.2, -0.15) is 0 Å². The van der Waals surface area contributed by atoms with Crippen LogP contribution in [0, 0.1) is 0 Å². The molecule has 0 aliphatic heterocycles. The molecule has 84 valence electrons. The summed E-state index contributed by atoms with van der Waals surface area (Å²) in [4.78, 5) is 5.27. The molecule has 0 spiro atoms. The Balaban J connectivity index is 2.21. The van der Waals surface area contributed by atoms with Crippen molar-refractivity contribution in [2.75, 3.05) is 7.05 Å². The number of nitrogens with zero attached hydrogens (tertiary/aromatic N) is 2. The van der Waals surface area contributed by atoms with Gasteiger partial charge in [0.05, 0.1) is 0 Å². The molecule has 2 N–H and O–H groups in total. The topological polar surface area (TPSA) is 43.3 Å². The van der Waals surface area contributed by atoms with Crippen molar-refractivity contribution >= 4 is 11.3 Å². The van der Waals surface area contributed by atoms with Crippen LogP contribution in [0.1, 0.15) is 11.1 Å². The number of hydrogen-bond donors (Lipinski definition) is 1. The van der Waals surface area contributed by atoms with Crippen molar-refractivity contribution in [1.29, 1.82) is 0 Å². The van der Waals surface area contributed by atoms with Gasteiger partial charge in [-0.15, -0.1) is 11.3 Å². The van der Waals surface area contributed by atoms with Crippen molar-refractivity contribution in [3.8, 4) is 0 Å². The Morgan fingerprint density at radius 3 is 2.56 bits per heavy atom. The Kier molecular flexibility index (Phi) is 3.54. The number of rotatable bonds is 3. The molecule has 1 heterocycles. The second-order valence-corrected chi connectivity index (χ2v) is 4.43. The second-order valence-electron chi connectivity index (χ2n) is 3.56. The van der Waals surface area contributed by atoms with Crippen LogP contribution in [0.4, 0.5) is 0 Å². The van der Waals surface area contributed by atoms with Gasteiger partial charge in [0.1, 0.15) is 0 Å². The summed E-state index contributed by atoms with van der Waals surface area (Å²) in [6.07, 6.45) is 2.06. The van der Waals surface area contributed by atoms with Gasteiger partial charge in [0.25, 0.3) is 0 Å². The highest BCUT2D eigenvalue weighted by atomic mass is 32.1. The molecule has 1 aromatic heterocycles. The largest absolute Gasteiger partial charge is 0.326 e. The van der Waals surface area contributed by atoms with E-state index >= 15 is 0 Å². The van der Waals surface area contributed by atoms with Gasteiger partial charge < -0.3 is 10.3 Å². The summed E-state index contributed by atoms with van der Waals surface area (Å²) in [5.41, 5.74) is 8.00. The minimum absolute atomic E-state index is 0.599. The minimum atomic E-state index is 0.599. The lowest BCUT2D eigenvalue weighted by Crippen LogP contribution is -2.14. The second kappa shape index (κ2) is 5.09. The lowest BCUT2D eigenvalue weighted by Gasteiger charge is -2.04.